The number of aromatic nitrogens is 1. The van der Waals surface area contributed by atoms with Crippen molar-refractivity contribution in [1.82, 2.24) is 9.88 Å². The second-order valence-electron chi connectivity index (χ2n) is 7.87. The maximum absolute atomic E-state index is 13.3. The van der Waals surface area contributed by atoms with Gasteiger partial charge in [-0.1, -0.05) is 35.3 Å². The van der Waals surface area contributed by atoms with Gasteiger partial charge in [0.1, 0.15) is 18.9 Å². The van der Waals surface area contributed by atoms with Crippen molar-refractivity contribution in [3.05, 3.63) is 92.6 Å². The summed E-state index contributed by atoms with van der Waals surface area (Å²) in [7, 11) is 0. The summed E-state index contributed by atoms with van der Waals surface area (Å²) in [5, 5.41) is 20.7. The lowest BCUT2D eigenvalue weighted by Crippen LogP contribution is -2.46. The predicted octanol–water partition coefficient (Wildman–Crippen LogP) is 5.78. The molecule has 176 valence electrons. The summed E-state index contributed by atoms with van der Waals surface area (Å²) in [6.45, 7) is 0.247. The van der Waals surface area contributed by atoms with Crippen LogP contribution < -0.4 is 4.74 Å². The van der Waals surface area contributed by atoms with E-state index >= 15 is 0 Å². The minimum atomic E-state index is -4.45. The molecule has 1 aromatic heterocycles. The monoisotopic (exact) mass is 507 g/mol. The quantitative estimate of drug-likeness (QED) is 0.474. The number of fused-ring (bicyclic) bond motifs is 1. The van der Waals surface area contributed by atoms with E-state index in [0.29, 0.717) is 27.3 Å². The maximum Gasteiger partial charge on any atom is 0.416 e. The molecule has 0 amide bonds. The zero-order valence-electron chi connectivity index (χ0n) is 17.6. The summed E-state index contributed by atoms with van der Waals surface area (Å²) in [6.07, 6.45) is -3.98. The largest absolute Gasteiger partial charge is 0.476 e. The molecule has 2 aromatic carbocycles. The van der Waals surface area contributed by atoms with Gasteiger partial charge in [0.05, 0.1) is 27.2 Å². The van der Waals surface area contributed by atoms with E-state index in [0.717, 1.165) is 12.1 Å². The van der Waals surface area contributed by atoms with E-state index in [1.54, 1.807) is 29.2 Å². The molecule has 0 saturated heterocycles. The number of alkyl halides is 3. The van der Waals surface area contributed by atoms with Crippen LogP contribution in [0.4, 0.5) is 13.2 Å². The number of hydrogen-bond donors (Lipinski definition) is 1. The Morgan fingerprint density at radius 3 is 2.56 bits per heavy atom. The molecule has 0 radical (unpaired) electrons. The Kier molecular flexibility index (Phi) is 7.01. The molecular formula is C24H18Cl2F3N3O2. The Labute approximate surface area is 203 Å². The number of hydrogen-bond acceptors (Lipinski definition) is 5. The number of ether oxygens (including phenoxy) is 1. The van der Waals surface area contributed by atoms with Crippen LogP contribution >= 0.6 is 23.2 Å². The molecule has 0 saturated carbocycles. The molecule has 1 aliphatic rings. The zero-order chi connectivity index (χ0) is 24.5. The topological polar surface area (TPSA) is 69.4 Å². The van der Waals surface area contributed by atoms with Crippen molar-refractivity contribution in [2.75, 3.05) is 6.61 Å². The highest BCUT2D eigenvalue weighted by molar-refractivity contribution is 6.42. The summed E-state index contributed by atoms with van der Waals surface area (Å²) in [5.41, 5.74) is 1.35. The Bertz CT molecular complexity index is 1230. The molecule has 1 aliphatic heterocycles. The van der Waals surface area contributed by atoms with E-state index in [1.807, 2.05) is 6.07 Å². The minimum Gasteiger partial charge on any atom is -0.476 e. The van der Waals surface area contributed by atoms with E-state index < -0.39 is 24.0 Å². The molecule has 1 N–H and O–H groups in total. The van der Waals surface area contributed by atoms with Crippen LogP contribution in [0.2, 0.25) is 10.0 Å². The molecule has 34 heavy (non-hydrogen) atoms. The summed E-state index contributed by atoms with van der Waals surface area (Å²) in [5.74, 6) is 0.262. The average Bonchev–Trinajstić information content (AvgIpc) is 2.82. The lowest BCUT2D eigenvalue weighted by molar-refractivity contribution is -0.137. The van der Waals surface area contributed by atoms with Crippen molar-refractivity contribution in [1.29, 1.82) is 5.26 Å². The maximum atomic E-state index is 13.3. The van der Waals surface area contributed by atoms with Crippen LogP contribution in [-0.2, 0) is 19.1 Å². The summed E-state index contributed by atoms with van der Waals surface area (Å²) >= 11 is 12.1. The van der Waals surface area contributed by atoms with Crippen molar-refractivity contribution in [2.45, 2.75) is 31.4 Å². The second-order valence-corrected chi connectivity index (χ2v) is 8.68. The highest BCUT2D eigenvalue weighted by atomic mass is 35.5. The molecule has 2 atom stereocenters. The number of rotatable bonds is 5. The Hall–Kier alpha value is -2.83. The first kappa shape index (κ1) is 24.3. The second kappa shape index (κ2) is 9.80. The number of aliphatic hydroxyl groups is 1. The highest BCUT2D eigenvalue weighted by Crippen LogP contribution is 2.36. The highest BCUT2D eigenvalue weighted by Gasteiger charge is 2.35. The Morgan fingerprint density at radius 1 is 1.12 bits per heavy atom. The number of nitriles is 1. The van der Waals surface area contributed by atoms with E-state index in [4.69, 9.17) is 33.2 Å². The lowest BCUT2D eigenvalue weighted by Gasteiger charge is -2.40. The fraction of sp³-hybridized carbons (Fsp3) is 0.250. The first-order valence-electron chi connectivity index (χ1n) is 10.2. The van der Waals surface area contributed by atoms with Crippen LogP contribution in [0.3, 0.4) is 0 Å². The molecular weight excluding hydrogens is 490 g/mol. The van der Waals surface area contributed by atoms with Crippen LogP contribution in [0.5, 0.6) is 5.88 Å². The third-order valence-electron chi connectivity index (χ3n) is 5.66. The molecule has 0 fully saturated rings. The van der Waals surface area contributed by atoms with Gasteiger partial charge in [-0.15, -0.1) is 0 Å². The van der Waals surface area contributed by atoms with Crippen LogP contribution in [0.25, 0.3) is 0 Å². The zero-order valence-corrected chi connectivity index (χ0v) is 19.1. The molecule has 4 rings (SSSR count). The van der Waals surface area contributed by atoms with Gasteiger partial charge in [0, 0.05) is 18.8 Å². The molecule has 2 heterocycles. The van der Waals surface area contributed by atoms with Crippen LogP contribution in [0, 0.1) is 11.3 Å². The normalized spacial score (nSPS) is 17.0. The van der Waals surface area contributed by atoms with E-state index in [2.05, 4.69) is 4.98 Å². The molecule has 10 heteroatoms. The molecule has 0 spiro atoms. The van der Waals surface area contributed by atoms with E-state index in [1.165, 1.54) is 18.3 Å². The van der Waals surface area contributed by atoms with Crippen LogP contribution in [0.15, 0.2) is 54.7 Å². The first-order chi connectivity index (χ1) is 16.2. The smallest absolute Gasteiger partial charge is 0.416 e. The molecule has 0 aliphatic carbocycles. The van der Waals surface area contributed by atoms with Gasteiger partial charge >= 0.3 is 6.18 Å². The average molecular weight is 508 g/mol. The summed E-state index contributed by atoms with van der Waals surface area (Å²) < 4.78 is 45.5. The van der Waals surface area contributed by atoms with E-state index in [9.17, 15) is 18.3 Å². The Morgan fingerprint density at radius 2 is 1.91 bits per heavy atom. The molecule has 5 nitrogen and oxygen atoms in total. The van der Waals surface area contributed by atoms with Crippen LogP contribution in [-0.4, -0.2) is 27.6 Å². The molecule has 2 unspecified atom stereocenters. The standard InChI is InChI=1S/C24H18Cl2F3N3O2/c25-20-5-3-15(9-21(20)26)23(33)32-12-16-2-4-18(24(27,28)29)7-17(16)8-19(32)13-34-22-6-1-14(10-30)11-31-22/h1-7,9,11,19,23,33H,8,12-13H2. The first-order valence-corrected chi connectivity index (χ1v) is 11.0. The fourth-order valence-electron chi connectivity index (χ4n) is 3.86. The predicted molar refractivity (Wildman–Crippen MR) is 120 cm³/mol. The molecule has 3 aromatic rings. The summed E-state index contributed by atoms with van der Waals surface area (Å²) in [4.78, 5) is 5.80. The van der Waals surface area contributed by atoms with Gasteiger partial charge in [-0.05, 0) is 53.4 Å². The van der Waals surface area contributed by atoms with Gasteiger partial charge in [-0.25, -0.2) is 4.98 Å². The SMILES string of the molecule is N#Cc1ccc(OCC2Cc3cc(C(F)(F)F)ccc3CN2C(O)c2ccc(Cl)c(Cl)c2)nc1. The van der Waals surface area contributed by atoms with Crippen molar-refractivity contribution in [3.8, 4) is 11.9 Å². The van der Waals surface area contributed by atoms with Crippen molar-refractivity contribution >= 4 is 23.2 Å². The van der Waals surface area contributed by atoms with Crippen LogP contribution in [0.1, 0.15) is 34.0 Å². The minimum absolute atomic E-state index is 0.0486. The van der Waals surface area contributed by atoms with Gasteiger partial charge in [0.25, 0.3) is 0 Å². The number of benzene rings is 2. The number of aliphatic hydroxyl groups excluding tert-OH is 1. The van der Waals surface area contributed by atoms with Gasteiger partial charge in [-0.2, -0.15) is 18.4 Å². The molecule has 0 bridgehead atoms. The Balaban J connectivity index is 1.63. The van der Waals surface area contributed by atoms with Gasteiger partial charge in [0.2, 0.25) is 5.88 Å². The van der Waals surface area contributed by atoms with Gasteiger partial charge < -0.3 is 9.84 Å². The number of halogens is 5. The number of pyridine rings is 1. The third-order valence-corrected chi connectivity index (χ3v) is 6.40. The third kappa shape index (κ3) is 5.29. The van der Waals surface area contributed by atoms with E-state index in [-0.39, 0.29) is 30.5 Å². The van der Waals surface area contributed by atoms with Crippen molar-refractivity contribution in [3.63, 3.8) is 0 Å². The van der Waals surface area contributed by atoms with Crippen molar-refractivity contribution < 1.29 is 23.0 Å². The van der Waals surface area contributed by atoms with Gasteiger partial charge in [-0.3, -0.25) is 4.90 Å². The van der Waals surface area contributed by atoms with Crippen molar-refractivity contribution in [2.24, 2.45) is 0 Å². The summed E-state index contributed by atoms with van der Waals surface area (Å²) in [6, 6.07) is 13.0. The number of nitrogens with zero attached hydrogens (tertiary/aromatic N) is 3. The lowest BCUT2D eigenvalue weighted by atomic mass is 9.91. The van der Waals surface area contributed by atoms with Gasteiger partial charge in [0.15, 0.2) is 0 Å². The fourth-order valence-corrected chi connectivity index (χ4v) is 4.17.